The Labute approximate surface area is 120 Å². The highest BCUT2D eigenvalue weighted by Gasteiger charge is 2.49. The molecule has 3 rings (SSSR count). The Bertz CT molecular complexity index is 514. The number of carbonyl (C=O) groups is 1. The van der Waals surface area contributed by atoms with E-state index in [1.807, 2.05) is 32.2 Å². The molecule has 1 heterocycles. The van der Waals surface area contributed by atoms with E-state index in [0.717, 1.165) is 17.8 Å². The summed E-state index contributed by atoms with van der Waals surface area (Å²) in [4.78, 5) is 18.9. The van der Waals surface area contributed by atoms with Gasteiger partial charge in [-0.15, -0.1) is 0 Å². The lowest BCUT2D eigenvalue weighted by molar-refractivity contribution is -0.137. The lowest BCUT2D eigenvalue weighted by Gasteiger charge is -2.30. The van der Waals surface area contributed by atoms with Crippen molar-refractivity contribution in [1.82, 2.24) is 9.88 Å². The Balaban J connectivity index is 1.68. The molecule has 2 fully saturated rings. The number of hydrogen-bond donors (Lipinski definition) is 1. The minimum Gasteiger partial charge on any atom is -0.340 e. The second-order valence-corrected chi connectivity index (χ2v) is 6.40. The van der Waals surface area contributed by atoms with Crippen LogP contribution in [0.4, 0.5) is 0 Å². The first-order valence-corrected chi connectivity index (χ1v) is 7.49. The van der Waals surface area contributed by atoms with Gasteiger partial charge in [-0.3, -0.25) is 9.78 Å². The molecule has 2 aliphatic carbocycles. The second kappa shape index (κ2) is 5.17. The van der Waals surface area contributed by atoms with Gasteiger partial charge < -0.3 is 10.6 Å². The van der Waals surface area contributed by atoms with Crippen molar-refractivity contribution in [2.24, 2.45) is 23.5 Å². The van der Waals surface area contributed by atoms with E-state index in [2.05, 4.69) is 4.98 Å². The number of fused-ring (bicyclic) bond motifs is 2. The van der Waals surface area contributed by atoms with E-state index >= 15 is 0 Å². The van der Waals surface area contributed by atoms with E-state index in [-0.39, 0.29) is 17.9 Å². The highest BCUT2D eigenvalue weighted by atomic mass is 16.2. The molecule has 4 heteroatoms. The number of rotatable bonds is 3. The normalized spacial score (nSPS) is 31.6. The quantitative estimate of drug-likeness (QED) is 0.912. The van der Waals surface area contributed by atoms with Crippen molar-refractivity contribution in [2.75, 3.05) is 7.05 Å². The molecule has 1 amide bonds. The zero-order valence-corrected chi connectivity index (χ0v) is 12.2. The summed E-state index contributed by atoms with van der Waals surface area (Å²) in [5.74, 6) is 1.31. The van der Waals surface area contributed by atoms with Crippen LogP contribution in [0.5, 0.6) is 0 Å². The van der Waals surface area contributed by atoms with Crippen molar-refractivity contribution in [3.05, 3.63) is 29.6 Å². The number of nitrogens with zero attached hydrogens (tertiary/aromatic N) is 2. The topological polar surface area (TPSA) is 59.2 Å². The third kappa shape index (κ3) is 2.33. The van der Waals surface area contributed by atoms with Crippen LogP contribution in [0.15, 0.2) is 18.2 Å². The molecule has 4 atom stereocenters. The fourth-order valence-electron chi connectivity index (χ4n) is 3.97. The largest absolute Gasteiger partial charge is 0.340 e. The standard InChI is InChI=1S/C16H23N3O/c1-10-4-3-5-13(18-10)9-19(2)16(20)14-11-6-7-12(8-11)15(14)17/h3-5,11-12,14-15H,6-9,17H2,1-2H3. The van der Waals surface area contributed by atoms with Gasteiger partial charge in [0.05, 0.1) is 18.2 Å². The molecule has 2 aliphatic rings. The van der Waals surface area contributed by atoms with Crippen molar-refractivity contribution in [2.45, 2.75) is 38.8 Å². The molecule has 0 saturated heterocycles. The van der Waals surface area contributed by atoms with Crippen molar-refractivity contribution in [3.8, 4) is 0 Å². The number of pyridine rings is 1. The fraction of sp³-hybridized carbons (Fsp3) is 0.625. The number of hydrogen-bond acceptors (Lipinski definition) is 3. The number of carbonyl (C=O) groups excluding carboxylic acids is 1. The maximum absolute atomic E-state index is 12.7. The molecule has 1 aromatic heterocycles. The van der Waals surface area contributed by atoms with Crippen LogP contribution in [-0.4, -0.2) is 28.9 Å². The van der Waals surface area contributed by atoms with Gasteiger partial charge in [0.25, 0.3) is 0 Å². The maximum Gasteiger partial charge on any atom is 0.227 e. The molecule has 108 valence electrons. The monoisotopic (exact) mass is 273 g/mol. The van der Waals surface area contributed by atoms with E-state index < -0.39 is 0 Å². The van der Waals surface area contributed by atoms with Gasteiger partial charge in [0.1, 0.15) is 0 Å². The minimum absolute atomic E-state index is 0.0311. The zero-order valence-electron chi connectivity index (χ0n) is 12.2. The van der Waals surface area contributed by atoms with E-state index in [1.165, 1.54) is 12.8 Å². The first-order valence-electron chi connectivity index (χ1n) is 7.49. The molecule has 4 unspecified atom stereocenters. The lowest BCUT2D eigenvalue weighted by atomic mass is 9.84. The molecule has 0 aliphatic heterocycles. The summed E-state index contributed by atoms with van der Waals surface area (Å²) in [5, 5.41) is 0. The smallest absolute Gasteiger partial charge is 0.227 e. The number of aryl methyl sites for hydroxylation is 1. The van der Waals surface area contributed by atoms with Crippen LogP contribution in [0, 0.1) is 24.7 Å². The van der Waals surface area contributed by atoms with Crippen LogP contribution >= 0.6 is 0 Å². The summed E-state index contributed by atoms with van der Waals surface area (Å²) in [7, 11) is 1.87. The Hall–Kier alpha value is -1.42. The number of nitrogens with two attached hydrogens (primary N) is 1. The Morgan fingerprint density at radius 1 is 1.40 bits per heavy atom. The molecule has 0 aromatic carbocycles. The van der Waals surface area contributed by atoms with Gasteiger partial charge in [0, 0.05) is 18.8 Å². The number of amides is 1. The van der Waals surface area contributed by atoms with Crippen LogP contribution in [0.3, 0.4) is 0 Å². The summed E-state index contributed by atoms with van der Waals surface area (Å²) in [6, 6.07) is 5.99. The van der Waals surface area contributed by atoms with Crippen LogP contribution < -0.4 is 5.73 Å². The van der Waals surface area contributed by atoms with E-state index in [1.54, 1.807) is 4.90 Å². The van der Waals surface area contributed by atoms with E-state index in [0.29, 0.717) is 18.4 Å². The highest BCUT2D eigenvalue weighted by molar-refractivity contribution is 5.80. The summed E-state index contributed by atoms with van der Waals surface area (Å²) >= 11 is 0. The van der Waals surface area contributed by atoms with Crippen molar-refractivity contribution < 1.29 is 4.79 Å². The van der Waals surface area contributed by atoms with Crippen molar-refractivity contribution in [3.63, 3.8) is 0 Å². The predicted molar refractivity (Wildman–Crippen MR) is 77.7 cm³/mol. The summed E-state index contributed by atoms with van der Waals surface area (Å²) in [6.07, 6.45) is 3.53. The van der Waals surface area contributed by atoms with Gasteiger partial charge in [-0.1, -0.05) is 6.07 Å². The molecule has 2 N–H and O–H groups in total. The highest BCUT2D eigenvalue weighted by Crippen LogP contribution is 2.48. The molecule has 0 spiro atoms. The van der Waals surface area contributed by atoms with Gasteiger partial charge >= 0.3 is 0 Å². The van der Waals surface area contributed by atoms with Gasteiger partial charge in [-0.2, -0.15) is 0 Å². The average molecular weight is 273 g/mol. The Morgan fingerprint density at radius 3 is 2.80 bits per heavy atom. The molecule has 20 heavy (non-hydrogen) atoms. The van der Waals surface area contributed by atoms with Crippen molar-refractivity contribution >= 4 is 5.91 Å². The molecular weight excluding hydrogens is 250 g/mol. The van der Waals surface area contributed by atoms with Crippen LogP contribution in [0.25, 0.3) is 0 Å². The third-order valence-corrected chi connectivity index (χ3v) is 4.99. The molecular formula is C16H23N3O. The van der Waals surface area contributed by atoms with Crippen LogP contribution in [-0.2, 0) is 11.3 Å². The van der Waals surface area contributed by atoms with Crippen LogP contribution in [0.2, 0.25) is 0 Å². The molecule has 2 saturated carbocycles. The summed E-state index contributed by atoms with van der Waals surface area (Å²) in [5.41, 5.74) is 8.19. The predicted octanol–water partition coefficient (Wildman–Crippen LogP) is 1.72. The SMILES string of the molecule is Cc1cccc(CN(C)C(=O)C2C3CCC(C3)C2N)n1. The Morgan fingerprint density at radius 2 is 2.15 bits per heavy atom. The van der Waals surface area contributed by atoms with Crippen molar-refractivity contribution in [1.29, 1.82) is 0 Å². The van der Waals surface area contributed by atoms with Gasteiger partial charge in [-0.05, 0) is 50.2 Å². The van der Waals surface area contributed by atoms with Crippen LogP contribution in [0.1, 0.15) is 30.7 Å². The van der Waals surface area contributed by atoms with E-state index in [9.17, 15) is 4.79 Å². The minimum atomic E-state index is 0.0311. The third-order valence-electron chi connectivity index (χ3n) is 4.99. The summed E-state index contributed by atoms with van der Waals surface area (Å²) in [6.45, 7) is 2.54. The zero-order chi connectivity index (χ0) is 14.3. The molecule has 1 aromatic rings. The molecule has 0 radical (unpaired) electrons. The van der Waals surface area contributed by atoms with Gasteiger partial charge in [0.2, 0.25) is 5.91 Å². The number of aromatic nitrogens is 1. The molecule has 2 bridgehead atoms. The fourth-order valence-corrected chi connectivity index (χ4v) is 3.97. The average Bonchev–Trinajstić information content (AvgIpc) is 2.98. The lowest BCUT2D eigenvalue weighted by Crippen LogP contribution is -2.45. The summed E-state index contributed by atoms with van der Waals surface area (Å²) < 4.78 is 0. The van der Waals surface area contributed by atoms with E-state index in [4.69, 9.17) is 5.73 Å². The maximum atomic E-state index is 12.7. The van der Waals surface area contributed by atoms with Gasteiger partial charge in [-0.25, -0.2) is 0 Å². The molecule has 4 nitrogen and oxygen atoms in total. The second-order valence-electron chi connectivity index (χ2n) is 6.40. The Kier molecular flexibility index (Phi) is 3.50. The van der Waals surface area contributed by atoms with Gasteiger partial charge in [0.15, 0.2) is 0 Å². The first kappa shape index (κ1) is 13.6. The first-order chi connectivity index (χ1) is 9.56.